The van der Waals surface area contributed by atoms with Crippen molar-refractivity contribution in [2.75, 3.05) is 19.8 Å². The monoisotopic (exact) mass is 335 g/mol. The zero-order valence-corrected chi connectivity index (χ0v) is 13.9. The molecule has 0 bridgehead atoms. The van der Waals surface area contributed by atoms with Gasteiger partial charge in [-0.1, -0.05) is 25.4 Å². The van der Waals surface area contributed by atoms with E-state index in [0.717, 1.165) is 6.42 Å². The fourth-order valence-corrected chi connectivity index (χ4v) is 2.83. The van der Waals surface area contributed by atoms with Gasteiger partial charge in [-0.25, -0.2) is 13.1 Å². The highest BCUT2D eigenvalue weighted by atomic mass is 35.5. The normalized spacial score (nSPS) is 12.0. The minimum Gasteiger partial charge on any atom is -0.392 e. The van der Waals surface area contributed by atoms with Gasteiger partial charge < -0.3 is 9.84 Å². The minimum absolute atomic E-state index is 0.0816. The molecule has 7 heteroatoms. The van der Waals surface area contributed by atoms with Crippen molar-refractivity contribution in [3.63, 3.8) is 0 Å². The summed E-state index contributed by atoms with van der Waals surface area (Å²) in [5.41, 5.74) is 0.382. The molecule has 0 heterocycles. The van der Waals surface area contributed by atoms with Crippen LogP contribution in [0.5, 0.6) is 0 Å². The highest BCUT2D eigenvalue weighted by Crippen LogP contribution is 2.20. The van der Waals surface area contributed by atoms with Crippen LogP contribution in [0.2, 0.25) is 5.02 Å². The number of ether oxygens (including phenoxy) is 1. The van der Waals surface area contributed by atoms with Gasteiger partial charge in [0.1, 0.15) is 0 Å². The van der Waals surface area contributed by atoms with Crippen LogP contribution in [0.3, 0.4) is 0 Å². The summed E-state index contributed by atoms with van der Waals surface area (Å²) in [6.07, 6.45) is 0.948. The second-order valence-electron chi connectivity index (χ2n) is 5.10. The van der Waals surface area contributed by atoms with Crippen LogP contribution in [0.1, 0.15) is 25.8 Å². The molecule has 5 nitrogen and oxygen atoms in total. The highest BCUT2D eigenvalue weighted by molar-refractivity contribution is 7.89. The van der Waals surface area contributed by atoms with Crippen LogP contribution in [-0.4, -0.2) is 33.3 Å². The molecule has 0 aliphatic carbocycles. The van der Waals surface area contributed by atoms with Gasteiger partial charge in [0.05, 0.1) is 18.1 Å². The number of benzene rings is 1. The first kappa shape index (κ1) is 18.4. The first-order chi connectivity index (χ1) is 9.86. The molecule has 1 aromatic rings. The topological polar surface area (TPSA) is 75.6 Å². The third-order valence-corrected chi connectivity index (χ3v) is 4.70. The molecule has 0 radical (unpaired) electrons. The lowest BCUT2D eigenvalue weighted by molar-refractivity contribution is 0.128. The molecular formula is C14H22ClNO4S. The molecule has 0 unspecified atom stereocenters. The average molecular weight is 336 g/mol. The van der Waals surface area contributed by atoms with E-state index in [1.807, 2.05) is 0 Å². The Morgan fingerprint density at radius 2 is 2.05 bits per heavy atom. The zero-order chi connectivity index (χ0) is 15.9. The maximum Gasteiger partial charge on any atom is 0.240 e. The molecule has 0 saturated heterocycles. The summed E-state index contributed by atoms with van der Waals surface area (Å²) in [7, 11) is -3.61. The Balaban J connectivity index is 2.50. The van der Waals surface area contributed by atoms with Gasteiger partial charge in [0.25, 0.3) is 0 Å². The lowest BCUT2D eigenvalue weighted by Crippen LogP contribution is -2.27. The predicted molar refractivity (Wildman–Crippen MR) is 82.8 cm³/mol. The average Bonchev–Trinajstić information content (AvgIpc) is 2.42. The summed E-state index contributed by atoms with van der Waals surface area (Å²) < 4.78 is 31.9. The van der Waals surface area contributed by atoms with Crippen molar-refractivity contribution < 1.29 is 18.3 Å². The van der Waals surface area contributed by atoms with E-state index in [2.05, 4.69) is 18.6 Å². The number of hydrogen-bond donors (Lipinski definition) is 2. The van der Waals surface area contributed by atoms with Gasteiger partial charge in [0.2, 0.25) is 10.0 Å². The Hall–Kier alpha value is -0.660. The Bertz CT molecular complexity index is 546. The van der Waals surface area contributed by atoms with Gasteiger partial charge in [0, 0.05) is 18.2 Å². The maximum atomic E-state index is 12.1. The molecule has 0 fully saturated rings. The fraction of sp³-hybridized carbons (Fsp3) is 0.571. The summed E-state index contributed by atoms with van der Waals surface area (Å²) in [5, 5.41) is 9.45. The number of hydrogen-bond acceptors (Lipinski definition) is 4. The van der Waals surface area contributed by atoms with E-state index >= 15 is 0 Å². The number of aliphatic hydroxyl groups is 1. The Morgan fingerprint density at radius 1 is 1.33 bits per heavy atom. The maximum absolute atomic E-state index is 12.1. The van der Waals surface area contributed by atoms with E-state index < -0.39 is 10.0 Å². The second kappa shape index (κ2) is 8.70. The molecule has 0 spiro atoms. The van der Waals surface area contributed by atoms with E-state index in [1.165, 1.54) is 18.2 Å². The third kappa shape index (κ3) is 6.32. The largest absolute Gasteiger partial charge is 0.392 e. The SMILES string of the molecule is CC(C)CCOCCNS(=O)(=O)c1ccc(Cl)c(CO)c1. The molecule has 0 aromatic heterocycles. The van der Waals surface area contributed by atoms with E-state index in [-0.39, 0.29) is 18.0 Å². The van der Waals surface area contributed by atoms with E-state index in [0.29, 0.717) is 29.7 Å². The van der Waals surface area contributed by atoms with E-state index in [9.17, 15) is 8.42 Å². The van der Waals surface area contributed by atoms with Crippen LogP contribution in [0, 0.1) is 5.92 Å². The van der Waals surface area contributed by atoms with Crippen molar-refractivity contribution in [3.05, 3.63) is 28.8 Å². The molecule has 1 aromatic carbocycles. The summed E-state index contributed by atoms with van der Waals surface area (Å²) in [6.45, 7) is 5.05. The van der Waals surface area contributed by atoms with Crippen molar-refractivity contribution in [2.45, 2.75) is 31.8 Å². The Morgan fingerprint density at radius 3 is 2.67 bits per heavy atom. The smallest absolute Gasteiger partial charge is 0.240 e. The zero-order valence-electron chi connectivity index (χ0n) is 12.3. The van der Waals surface area contributed by atoms with Crippen LogP contribution in [0.4, 0.5) is 0 Å². The van der Waals surface area contributed by atoms with Crippen molar-refractivity contribution in [1.29, 1.82) is 0 Å². The summed E-state index contributed by atoms with van der Waals surface area (Å²) in [4.78, 5) is 0.0816. The predicted octanol–water partition coefficient (Wildman–Crippen LogP) is 2.17. The molecule has 2 N–H and O–H groups in total. The van der Waals surface area contributed by atoms with Gasteiger partial charge >= 0.3 is 0 Å². The van der Waals surface area contributed by atoms with Gasteiger partial charge in [0.15, 0.2) is 0 Å². The second-order valence-corrected chi connectivity index (χ2v) is 7.28. The molecule has 0 aliphatic heterocycles. The number of nitrogens with one attached hydrogen (secondary N) is 1. The van der Waals surface area contributed by atoms with Gasteiger partial charge in [-0.2, -0.15) is 0 Å². The first-order valence-corrected chi connectivity index (χ1v) is 8.69. The lowest BCUT2D eigenvalue weighted by atomic mass is 10.1. The van der Waals surface area contributed by atoms with Crippen molar-refractivity contribution in [1.82, 2.24) is 4.72 Å². The molecule has 1 rings (SSSR count). The third-order valence-electron chi connectivity index (χ3n) is 2.88. The molecule has 0 amide bonds. The van der Waals surface area contributed by atoms with Crippen LogP contribution in [0.25, 0.3) is 0 Å². The number of rotatable bonds is 9. The van der Waals surface area contributed by atoms with Gasteiger partial charge in [-0.3, -0.25) is 0 Å². The molecule has 0 atom stereocenters. The van der Waals surface area contributed by atoms with Gasteiger partial charge in [-0.15, -0.1) is 0 Å². The highest BCUT2D eigenvalue weighted by Gasteiger charge is 2.15. The Kier molecular flexibility index (Phi) is 7.62. The van der Waals surface area contributed by atoms with E-state index in [1.54, 1.807) is 0 Å². The van der Waals surface area contributed by atoms with Crippen LogP contribution in [0.15, 0.2) is 23.1 Å². The number of sulfonamides is 1. The van der Waals surface area contributed by atoms with Crippen LogP contribution >= 0.6 is 11.6 Å². The molecular weight excluding hydrogens is 314 g/mol. The standard InChI is InChI=1S/C14H22ClNO4S/c1-11(2)5-7-20-8-6-16-21(18,19)13-3-4-14(15)12(9-13)10-17/h3-4,9,11,16-17H,5-8,10H2,1-2H3. The molecule has 120 valence electrons. The molecule has 0 saturated carbocycles. The quantitative estimate of drug-likeness (QED) is 0.678. The summed E-state index contributed by atoms with van der Waals surface area (Å²) in [6, 6.07) is 4.23. The lowest BCUT2D eigenvalue weighted by Gasteiger charge is -2.10. The van der Waals surface area contributed by atoms with Crippen molar-refractivity contribution in [3.8, 4) is 0 Å². The van der Waals surface area contributed by atoms with Crippen LogP contribution in [-0.2, 0) is 21.4 Å². The van der Waals surface area contributed by atoms with Crippen molar-refractivity contribution in [2.24, 2.45) is 5.92 Å². The molecule has 0 aliphatic rings. The first-order valence-electron chi connectivity index (χ1n) is 6.83. The van der Waals surface area contributed by atoms with E-state index in [4.69, 9.17) is 21.4 Å². The Labute approximate surface area is 131 Å². The minimum atomic E-state index is -3.61. The van der Waals surface area contributed by atoms with Crippen molar-refractivity contribution >= 4 is 21.6 Å². The fourth-order valence-electron chi connectivity index (χ4n) is 1.59. The summed E-state index contributed by atoms with van der Waals surface area (Å²) >= 11 is 5.84. The number of halogens is 1. The molecule has 21 heavy (non-hydrogen) atoms. The number of aliphatic hydroxyl groups excluding tert-OH is 1. The van der Waals surface area contributed by atoms with Gasteiger partial charge in [-0.05, 0) is 36.1 Å². The summed E-state index contributed by atoms with van der Waals surface area (Å²) in [5.74, 6) is 0.563. The van der Waals surface area contributed by atoms with Crippen LogP contribution < -0.4 is 4.72 Å².